The zero-order valence-corrected chi connectivity index (χ0v) is 10.8. The van der Waals surface area contributed by atoms with Gasteiger partial charge in [0.25, 0.3) is 5.91 Å². The predicted octanol–water partition coefficient (Wildman–Crippen LogP) is 0.352. The Morgan fingerprint density at radius 3 is 2.44 bits per heavy atom. The van der Waals surface area contributed by atoms with Gasteiger partial charge in [0, 0.05) is 31.5 Å². The van der Waals surface area contributed by atoms with Crippen LogP contribution in [0.4, 0.5) is 4.79 Å². The Balaban J connectivity index is 4.88. The number of rotatable bonds is 5. The van der Waals surface area contributed by atoms with Gasteiger partial charge in [-0.3, -0.25) is 9.69 Å². The number of carbonyl (C=O) groups excluding carboxylic acids is 2. The molecule has 0 atom stereocenters. The molecular formula is C10H13N3O4S. The Morgan fingerprint density at radius 2 is 2.00 bits per heavy atom. The summed E-state index contributed by atoms with van der Waals surface area (Å²) in [6, 6.07) is -0.786. The van der Waals surface area contributed by atoms with Crippen LogP contribution in [0, 0.1) is 11.5 Å². The van der Waals surface area contributed by atoms with Gasteiger partial charge in [0.1, 0.15) is 0 Å². The summed E-state index contributed by atoms with van der Waals surface area (Å²) < 4.78 is 0. The summed E-state index contributed by atoms with van der Waals surface area (Å²) in [7, 11) is 1.22. The monoisotopic (exact) mass is 271 g/mol. The van der Waals surface area contributed by atoms with Crippen LogP contribution in [0.25, 0.3) is 0 Å². The van der Waals surface area contributed by atoms with E-state index in [0.717, 1.165) is 11.0 Å². The Kier molecular flexibility index (Phi) is 7.23. The summed E-state index contributed by atoms with van der Waals surface area (Å²) >= 11 is 1.42. The molecule has 0 aromatic heterocycles. The van der Waals surface area contributed by atoms with Crippen LogP contribution in [0.2, 0.25) is 0 Å². The van der Waals surface area contributed by atoms with E-state index >= 15 is 0 Å². The number of nitrogens with zero attached hydrogens (tertiary/aromatic N) is 3. The van der Waals surface area contributed by atoms with Gasteiger partial charge in [0.2, 0.25) is 0 Å². The highest BCUT2D eigenvalue weighted by Crippen LogP contribution is 2.02. The van der Waals surface area contributed by atoms with Crippen molar-refractivity contribution in [1.29, 1.82) is 5.26 Å². The molecule has 0 aliphatic carbocycles. The molecule has 0 unspecified atom stereocenters. The van der Waals surface area contributed by atoms with Crippen LogP contribution in [-0.2, 0) is 9.59 Å². The first-order valence-corrected chi connectivity index (χ1v) is 6.22. The maximum absolute atomic E-state index is 11.7. The molecule has 0 rings (SSSR count). The van der Waals surface area contributed by atoms with E-state index in [1.54, 1.807) is 12.4 Å². The number of carboxylic acid groups (broad SMARTS) is 1. The molecule has 0 aliphatic heterocycles. The zero-order chi connectivity index (χ0) is 14.1. The molecule has 0 aliphatic rings. The number of carbonyl (C=O) groups is 3. The molecule has 18 heavy (non-hydrogen) atoms. The number of imide groups is 1. The van der Waals surface area contributed by atoms with Gasteiger partial charge in [-0.2, -0.15) is 17.0 Å². The first kappa shape index (κ1) is 16.0. The Labute approximate surface area is 109 Å². The van der Waals surface area contributed by atoms with Gasteiger partial charge in [-0.05, 0) is 6.26 Å². The van der Waals surface area contributed by atoms with Crippen molar-refractivity contribution in [1.82, 2.24) is 9.80 Å². The standard InChI is InChI=1S/C10H13N3O4S/c1-12(7-11)10(17)13(5-6-18-2)8(14)3-4-9(15)16/h3-4H,5-6H2,1-2H3,(H,15,16). The van der Waals surface area contributed by atoms with Gasteiger partial charge in [0.05, 0.1) is 0 Å². The van der Waals surface area contributed by atoms with Crippen LogP contribution in [-0.4, -0.2) is 58.4 Å². The summed E-state index contributed by atoms with van der Waals surface area (Å²) in [5.41, 5.74) is 0. The lowest BCUT2D eigenvalue weighted by Gasteiger charge is -2.21. The molecule has 0 saturated heterocycles. The highest BCUT2D eigenvalue weighted by molar-refractivity contribution is 7.98. The van der Waals surface area contributed by atoms with Crippen molar-refractivity contribution in [3.05, 3.63) is 12.2 Å². The van der Waals surface area contributed by atoms with E-state index < -0.39 is 17.9 Å². The van der Waals surface area contributed by atoms with Crippen LogP contribution >= 0.6 is 11.8 Å². The molecule has 98 valence electrons. The van der Waals surface area contributed by atoms with Gasteiger partial charge in [-0.15, -0.1) is 0 Å². The second-order valence-electron chi connectivity index (χ2n) is 3.10. The number of carboxylic acids is 1. The van der Waals surface area contributed by atoms with Gasteiger partial charge >= 0.3 is 12.0 Å². The number of nitriles is 1. The van der Waals surface area contributed by atoms with Crippen LogP contribution in [0.3, 0.4) is 0 Å². The topological polar surface area (TPSA) is 102 Å². The summed E-state index contributed by atoms with van der Waals surface area (Å²) in [6.07, 6.45) is 4.81. The maximum Gasteiger partial charge on any atom is 0.339 e. The quantitative estimate of drug-likeness (QED) is 0.440. The molecule has 8 heteroatoms. The Morgan fingerprint density at radius 1 is 1.39 bits per heavy atom. The average molecular weight is 271 g/mol. The third-order valence-corrected chi connectivity index (χ3v) is 2.41. The van der Waals surface area contributed by atoms with Crippen molar-refractivity contribution in [3.63, 3.8) is 0 Å². The van der Waals surface area contributed by atoms with E-state index in [2.05, 4.69) is 0 Å². The Bertz CT molecular complexity index is 402. The maximum atomic E-state index is 11.7. The highest BCUT2D eigenvalue weighted by atomic mass is 32.2. The summed E-state index contributed by atoms with van der Waals surface area (Å²) in [5, 5.41) is 17.0. The predicted molar refractivity (Wildman–Crippen MR) is 65.6 cm³/mol. The van der Waals surface area contributed by atoms with Gasteiger partial charge in [-0.25, -0.2) is 14.5 Å². The molecule has 1 N–H and O–H groups in total. The lowest BCUT2D eigenvalue weighted by atomic mass is 10.4. The normalized spacial score (nSPS) is 9.83. The van der Waals surface area contributed by atoms with E-state index in [9.17, 15) is 14.4 Å². The molecule has 0 bridgehead atoms. The number of urea groups is 1. The fraction of sp³-hybridized carbons (Fsp3) is 0.400. The van der Waals surface area contributed by atoms with Gasteiger partial charge < -0.3 is 5.11 Å². The van der Waals surface area contributed by atoms with Crippen LogP contribution in [0.15, 0.2) is 12.2 Å². The largest absolute Gasteiger partial charge is 0.478 e. The minimum atomic E-state index is -1.28. The number of hydrogen-bond donors (Lipinski definition) is 1. The summed E-state index contributed by atoms with van der Waals surface area (Å²) in [4.78, 5) is 35.1. The fourth-order valence-electron chi connectivity index (χ4n) is 0.939. The fourth-order valence-corrected chi connectivity index (χ4v) is 1.30. The smallest absolute Gasteiger partial charge is 0.339 e. The first-order valence-electron chi connectivity index (χ1n) is 4.83. The zero-order valence-electron chi connectivity index (χ0n) is 9.99. The lowest BCUT2D eigenvalue weighted by molar-refractivity contribution is -0.132. The van der Waals surface area contributed by atoms with Gasteiger partial charge in [-0.1, -0.05) is 0 Å². The van der Waals surface area contributed by atoms with E-state index in [1.165, 1.54) is 18.8 Å². The van der Waals surface area contributed by atoms with Crippen LogP contribution < -0.4 is 0 Å². The average Bonchev–Trinajstić information content (AvgIpc) is 2.35. The molecule has 0 aromatic carbocycles. The van der Waals surface area contributed by atoms with Crippen molar-refractivity contribution in [2.45, 2.75) is 0 Å². The molecule has 3 amide bonds. The Hall–Kier alpha value is -2.01. The van der Waals surface area contributed by atoms with Crippen molar-refractivity contribution in [2.24, 2.45) is 0 Å². The molecule has 7 nitrogen and oxygen atoms in total. The van der Waals surface area contributed by atoms with E-state index in [4.69, 9.17) is 10.4 Å². The third-order valence-electron chi connectivity index (χ3n) is 1.82. The summed E-state index contributed by atoms with van der Waals surface area (Å²) in [6.45, 7) is 0.106. The molecule has 0 fully saturated rings. The molecule has 0 radical (unpaired) electrons. The second-order valence-corrected chi connectivity index (χ2v) is 4.08. The highest BCUT2D eigenvalue weighted by Gasteiger charge is 2.22. The molecule has 0 aromatic rings. The number of aliphatic carboxylic acids is 1. The van der Waals surface area contributed by atoms with Crippen molar-refractivity contribution in [2.75, 3.05) is 25.6 Å². The second kappa shape index (κ2) is 8.14. The van der Waals surface area contributed by atoms with E-state index in [-0.39, 0.29) is 6.54 Å². The third kappa shape index (κ3) is 5.36. The first-order chi connectivity index (χ1) is 8.43. The van der Waals surface area contributed by atoms with E-state index in [1.807, 2.05) is 0 Å². The minimum absolute atomic E-state index is 0.106. The van der Waals surface area contributed by atoms with E-state index in [0.29, 0.717) is 16.7 Å². The van der Waals surface area contributed by atoms with Crippen molar-refractivity contribution >= 4 is 29.7 Å². The minimum Gasteiger partial charge on any atom is -0.478 e. The SMILES string of the molecule is CSCCN(C(=O)C=CC(=O)O)C(=O)N(C)C#N. The van der Waals surface area contributed by atoms with Crippen molar-refractivity contribution < 1.29 is 19.5 Å². The molecule has 0 saturated carbocycles. The number of thioether (sulfide) groups is 1. The molecular weight excluding hydrogens is 258 g/mol. The number of hydrogen-bond acceptors (Lipinski definition) is 5. The molecule has 0 heterocycles. The van der Waals surface area contributed by atoms with Crippen LogP contribution in [0.1, 0.15) is 0 Å². The lowest BCUT2D eigenvalue weighted by Crippen LogP contribution is -2.43. The van der Waals surface area contributed by atoms with Crippen LogP contribution in [0.5, 0.6) is 0 Å². The number of amides is 3. The molecule has 0 spiro atoms. The summed E-state index contributed by atoms with van der Waals surface area (Å²) in [5.74, 6) is -1.55. The van der Waals surface area contributed by atoms with Crippen molar-refractivity contribution in [3.8, 4) is 6.19 Å². The van der Waals surface area contributed by atoms with Gasteiger partial charge in [0.15, 0.2) is 6.19 Å².